The molecule has 78 valence electrons. The van der Waals surface area contributed by atoms with E-state index in [1.807, 2.05) is 13.8 Å². The van der Waals surface area contributed by atoms with E-state index in [1.54, 1.807) is 0 Å². The fourth-order valence-electron chi connectivity index (χ4n) is 1.13. The van der Waals surface area contributed by atoms with Crippen molar-refractivity contribution < 1.29 is 0 Å². The van der Waals surface area contributed by atoms with Gasteiger partial charge >= 0.3 is 5.69 Å². The molecule has 2 rings (SSSR count). The van der Waals surface area contributed by atoms with Gasteiger partial charge in [-0.3, -0.25) is 14.8 Å². The molecule has 0 atom stereocenters. The van der Waals surface area contributed by atoms with Crippen molar-refractivity contribution in [1.29, 1.82) is 0 Å². The van der Waals surface area contributed by atoms with Gasteiger partial charge in [-0.05, 0) is 0 Å². The molecule has 0 saturated heterocycles. The molecule has 15 heavy (non-hydrogen) atoms. The number of nitrogens with one attached hydrogen (secondary N) is 2. The SMILES string of the molecule is CC(C)c1nnc2[nH]c(=O)[nH]c(=O)c2n1. The number of hydrogen-bond donors (Lipinski definition) is 2. The lowest BCUT2D eigenvalue weighted by Gasteiger charge is -2.01. The van der Waals surface area contributed by atoms with E-state index >= 15 is 0 Å². The van der Waals surface area contributed by atoms with Crippen LogP contribution in [0.15, 0.2) is 9.59 Å². The monoisotopic (exact) mass is 207 g/mol. The molecule has 0 spiro atoms. The molecule has 0 aliphatic carbocycles. The summed E-state index contributed by atoms with van der Waals surface area (Å²) in [6.45, 7) is 3.78. The van der Waals surface area contributed by atoms with E-state index in [2.05, 4.69) is 25.1 Å². The first-order valence-electron chi connectivity index (χ1n) is 4.45. The van der Waals surface area contributed by atoms with Crippen molar-refractivity contribution in [2.75, 3.05) is 0 Å². The molecule has 0 fully saturated rings. The van der Waals surface area contributed by atoms with Gasteiger partial charge in [-0.15, -0.1) is 10.2 Å². The Morgan fingerprint density at radius 1 is 1.13 bits per heavy atom. The maximum atomic E-state index is 11.4. The Kier molecular flexibility index (Phi) is 2.07. The topological polar surface area (TPSA) is 104 Å². The van der Waals surface area contributed by atoms with Crippen molar-refractivity contribution in [3.63, 3.8) is 0 Å². The van der Waals surface area contributed by atoms with Gasteiger partial charge in [-0.1, -0.05) is 13.8 Å². The Morgan fingerprint density at radius 3 is 2.53 bits per heavy atom. The van der Waals surface area contributed by atoms with Crippen LogP contribution in [0.5, 0.6) is 0 Å². The molecule has 7 heteroatoms. The number of hydrogen-bond acceptors (Lipinski definition) is 5. The smallest absolute Gasteiger partial charge is 0.288 e. The van der Waals surface area contributed by atoms with Crippen LogP contribution >= 0.6 is 0 Å². The van der Waals surface area contributed by atoms with E-state index in [4.69, 9.17) is 0 Å². The summed E-state index contributed by atoms with van der Waals surface area (Å²) in [5.41, 5.74) is -0.951. The molecule has 2 N–H and O–H groups in total. The quantitative estimate of drug-likeness (QED) is 0.657. The number of fused-ring (bicyclic) bond motifs is 1. The van der Waals surface area contributed by atoms with Gasteiger partial charge < -0.3 is 0 Å². The van der Waals surface area contributed by atoms with Gasteiger partial charge in [0, 0.05) is 5.92 Å². The molecule has 0 aliphatic rings. The zero-order valence-electron chi connectivity index (χ0n) is 8.24. The first-order chi connectivity index (χ1) is 7.08. The van der Waals surface area contributed by atoms with Crippen LogP contribution in [0.1, 0.15) is 25.6 Å². The largest absolute Gasteiger partial charge is 0.327 e. The summed E-state index contributed by atoms with van der Waals surface area (Å²) in [6, 6.07) is 0. The summed E-state index contributed by atoms with van der Waals surface area (Å²) < 4.78 is 0. The van der Waals surface area contributed by atoms with E-state index in [0.29, 0.717) is 5.82 Å². The highest BCUT2D eigenvalue weighted by molar-refractivity contribution is 5.66. The number of aromatic nitrogens is 5. The Balaban J connectivity index is 2.83. The first-order valence-corrected chi connectivity index (χ1v) is 4.45. The highest BCUT2D eigenvalue weighted by Crippen LogP contribution is 2.07. The lowest BCUT2D eigenvalue weighted by atomic mass is 10.2. The Morgan fingerprint density at radius 2 is 1.87 bits per heavy atom. The van der Waals surface area contributed by atoms with E-state index in [-0.39, 0.29) is 17.1 Å². The molecule has 0 aliphatic heterocycles. The van der Waals surface area contributed by atoms with Crippen molar-refractivity contribution in [1.82, 2.24) is 25.1 Å². The van der Waals surface area contributed by atoms with Crippen LogP contribution in [0.3, 0.4) is 0 Å². The van der Waals surface area contributed by atoms with Gasteiger partial charge in [0.15, 0.2) is 17.0 Å². The van der Waals surface area contributed by atoms with Crippen LogP contribution in [0.25, 0.3) is 11.2 Å². The van der Waals surface area contributed by atoms with Crippen molar-refractivity contribution in [2.24, 2.45) is 0 Å². The van der Waals surface area contributed by atoms with Crippen LogP contribution in [0, 0.1) is 0 Å². The highest BCUT2D eigenvalue weighted by Gasteiger charge is 2.08. The van der Waals surface area contributed by atoms with Crippen LogP contribution in [-0.2, 0) is 0 Å². The molecule has 0 aromatic carbocycles. The summed E-state index contributed by atoms with van der Waals surface area (Å²) in [5.74, 6) is 0.549. The molecule has 0 saturated carbocycles. The van der Waals surface area contributed by atoms with Gasteiger partial charge in [-0.25, -0.2) is 9.78 Å². The summed E-state index contributed by atoms with van der Waals surface area (Å²) in [6.07, 6.45) is 0. The third kappa shape index (κ3) is 1.63. The summed E-state index contributed by atoms with van der Waals surface area (Å²) in [4.78, 5) is 30.7. The van der Waals surface area contributed by atoms with E-state index in [9.17, 15) is 9.59 Å². The molecular weight excluding hydrogens is 198 g/mol. The van der Waals surface area contributed by atoms with Crippen LogP contribution in [0.4, 0.5) is 0 Å². The zero-order valence-corrected chi connectivity index (χ0v) is 8.24. The average molecular weight is 207 g/mol. The van der Waals surface area contributed by atoms with Crippen LogP contribution in [0.2, 0.25) is 0 Å². The number of nitrogens with zero attached hydrogens (tertiary/aromatic N) is 3. The second kappa shape index (κ2) is 3.26. The van der Waals surface area contributed by atoms with Crippen molar-refractivity contribution >= 4 is 11.2 Å². The maximum absolute atomic E-state index is 11.4. The molecule has 0 amide bonds. The predicted octanol–water partition coefficient (Wildman–Crippen LogP) is -0.475. The van der Waals surface area contributed by atoms with Crippen molar-refractivity contribution in [3.8, 4) is 0 Å². The fraction of sp³-hybridized carbons (Fsp3) is 0.375. The molecule has 2 aromatic heterocycles. The predicted molar refractivity (Wildman–Crippen MR) is 52.7 cm³/mol. The van der Waals surface area contributed by atoms with Gasteiger partial charge in [0.25, 0.3) is 5.56 Å². The Bertz CT molecular complexity index is 612. The third-order valence-corrected chi connectivity index (χ3v) is 1.89. The van der Waals surface area contributed by atoms with E-state index < -0.39 is 11.2 Å². The minimum absolute atomic E-state index is 0.0771. The molecule has 0 radical (unpaired) electrons. The van der Waals surface area contributed by atoms with Crippen LogP contribution in [-0.4, -0.2) is 25.1 Å². The standard InChI is InChI=1S/C8H9N5O2/c1-3(2)5-9-4-6(13-12-5)10-8(15)11-7(4)14/h3H,1-2H3,(H2,10,11,13,14,15). The minimum atomic E-state index is -0.610. The van der Waals surface area contributed by atoms with Crippen molar-refractivity contribution in [2.45, 2.75) is 19.8 Å². The van der Waals surface area contributed by atoms with E-state index in [1.165, 1.54) is 0 Å². The molecule has 2 aromatic rings. The molecular formula is C8H9N5O2. The summed E-state index contributed by atoms with van der Waals surface area (Å²) in [5, 5.41) is 7.54. The lowest BCUT2D eigenvalue weighted by molar-refractivity contribution is 0.745. The van der Waals surface area contributed by atoms with Crippen LogP contribution < -0.4 is 11.2 Å². The van der Waals surface area contributed by atoms with Gasteiger partial charge in [0.2, 0.25) is 0 Å². The van der Waals surface area contributed by atoms with Crippen molar-refractivity contribution in [3.05, 3.63) is 26.7 Å². The molecule has 7 nitrogen and oxygen atoms in total. The number of aromatic amines is 2. The third-order valence-electron chi connectivity index (χ3n) is 1.89. The maximum Gasteiger partial charge on any atom is 0.327 e. The number of H-pyrrole nitrogens is 2. The first kappa shape index (κ1) is 9.50. The normalized spacial score (nSPS) is 11.1. The lowest BCUT2D eigenvalue weighted by Crippen LogP contribution is -2.24. The molecule has 0 bridgehead atoms. The molecule has 0 unspecified atom stereocenters. The number of rotatable bonds is 1. The molecule has 2 heterocycles. The fourth-order valence-corrected chi connectivity index (χ4v) is 1.13. The highest BCUT2D eigenvalue weighted by atomic mass is 16.2. The van der Waals surface area contributed by atoms with E-state index in [0.717, 1.165) is 0 Å². The minimum Gasteiger partial charge on any atom is -0.288 e. The van der Waals surface area contributed by atoms with Gasteiger partial charge in [0.1, 0.15) is 0 Å². The second-order valence-corrected chi connectivity index (χ2v) is 3.43. The summed E-state index contributed by atoms with van der Waals surface area (Å²) >= 11 is 0. The van der Waals surface area contributed by atoms with Gasteiger partial charge in [-0.2, -0.15) is 0 Å². The second-order valence-electron chi connectivity index (χ2n) is 3.43. The van der Waals surface area contributed by atoms with Gasteiger partial charge in [0.05, 0.1) is 0 Å². The Hall–Kier alpha value is -2.05. The Labute approximate surface area is 83.6 Å². The zero-order chi connectivity index (χ0) is 11.0. The average Bonchev–Trinajstić information content (AvgIpc) is 2.16. The summed E-state index contributed by atoms with van der Waals surface area (Å²) in [7, 11) is 0.